The van der Waals surface area contributed by atoms with Crippen molar-refractivity contribution in [3.05, 3.63) is 35.4 Å². The fourth-order valence-electron chi connectivity index (χ4n) is 5.27. The van der Waals surface area contributed by atoms with Gasteiger partial charge in [0, 0.05) is 0 Å². The first-order valence-electron chi connectivity index (χ1n) is 14.0. The molecule has 1 aromatic rings. The van der Waals surface area contributed by atoms with E-state index in [4.69, 9.17) is 4.74 Å². The van der Waals surface area contributed by atoms with Gasteiger partial charge in [0.1, 0.15) is 0 Å². The lowest BCUT2D eigenvalue weighted by Gasteiger charge is -2.35. The number of hydrogen-bond donors (Lipinski definition) is 1. The summed E-state index contributed by atoms with van der Waals surface area (Å²) in [6.07, 6.45) is 9.90. The zero-order chi connectivity index (χ0) is 26.9. The van der Waals surface area contributed by atoms with Crippen LogP contribution in [-0.2, 0) is 9.53 Å². The highest BCUT2D eigenvalue weighted by Gasteiger charge is 2.29. The average Bonchev–Trinajstić information content (AvgIpc) is 2.80. The Labute approximate surface area is 219 Å². The molecule has 1 atom stereocenters. The van der Waals surface area contributed by atoms with Crippen LogP contribution in [0.2, 0.25) is 0 Å². The number of nitrogens with zero attached hydrogens (tertiary/aromatic N) is 1. The van der Waals surface area contributed by atoms with Crippen molar-refractivity contribution in [1.82, 2.24) is 5.32 Å². The van der Waals surface area contributed by atoms with Crippen LogP contribution in [0, 0.1) is 16.7 Å². The topological polar surface area (TPSA) is 67.8 Å². The number of carbonyl (C=O) groups excluding carboxylic acids is 2. The zero-order valence-corrected chi connectivity index (χ0v) is 24.0. The largest absolute Gasteiger partial charge is 0.459 e. The van der Waals surface area contributed by atoms with Crippen LogP contribution in [0.5, 0.6) is 0 Å². The van der Waals surface area contributed by atoms with Crippen molar-refractivity contribution in [3.63, 3.8) is 0 Å². The summed E-state index contributed by atoms with van der Waals surface area (Å²) in [6, 6.07) is 7.55. The van der Waals surface area contributed by atoms with E-state index in [0.717, 1.165) is 50.0 Å². The molecule has 5 heteroatoms. The number of aliphatic imine (C=N–C) groups is 1. The third-order valence-corrected chi connectivity index (χ3v) is 7.57. The molecule has 0 bridgehead atoms. The highest BCUT2D eigenvalue weighted by Crippen LogP contribution is 2.38. The van der Waals surface area contributed by atoms with E-state index in [9.17, 15) is 9.59 Å². The fraction of sp³-hybridized carbons (Fsp3) is 0.710. The minimum absolute atomic E-state index is 0.133. The quantitative estimate of drug-likeness (QED) is 0.251. The van der Waals surface area contributed by atoms with Gasteiger partial charge in [-0.05, 0) is 93.2 Å². The molecule has 1 aliphatic carbocycles. The number of amides is 1. The molecule has 1 unspecified atom stereocenters. The molecule has 1 amide bonds. The number of rotatable bonds is 11. The Morgan fingerprint density at radius 2 is 1.64 bits per heavy atom. The molecule has 1 aliphatic rings. The number of carbonyl (C=O) groups is 2. The van der Waals surface area contributed by atoms with Gasteiger partial charge in [0.15, 0.2) is 0 Å². The first-order chi connectivity index (χ1) is 16.8. The molecule has 2 rings (SSSR count). The summed E-state index contributed by atoms with van der Waals surface area (Å²) in [5.74, 6) is 0.262. The minimum atomic E-state index is -0.325. The van der Waals surface area contributed by atoms with Gasteiger partial charge in [-0.25, -0.2) is 4.79 Å². The average molecular weight is 499 g/mol. The summed E-state index contributed by atoms with van der Waals surface area (Å²) in [5, 5.41) is 3.20. The van der Waals surface area contributed by atoms with Gasteiger partial charge in [0.25, 0.3) is 5.91 Å². The highest BCUT2D eigenvalue weighted by atomic mass is 16.5. The normalized spacial score (nSPS) is 19.9. The maximum absolute atomic E-state index is 12.9. The van der Waals surface area contributed by atoms with Crippen LogP contribution in [0.4, 0.5) is 0 Å². The van der Waals surface area contributed by atoms with E-state index >= 15 is 0 Å². The van der Waals surface area contributed by atoms with E-state index in [2.05, 4.69) is 51.9 Å². The molecule has 1 saturated carbocycles. The van der Waals surface area contributed by atoms with Crippen LogP contribution in [0.15, 0.2) is 29.3 Å². The number of benzene rings is 1. The maximum Gasteiger partial charge on any atom is 0.338 e. The molecule has 1 fully saturated rings. The van der Waals surface area contributed by atoms with Gasteiger partial charge in [0.2, 0.25) is 0 Å². The molecule has 0 aliphatic heterocycles. The van der Waals surface area contributed by atoms with Crippen LogP contribution >= 0.6 is 0 Å². The van der Waals surface area contributed by atoms with Gasteiger partial charge in [-0.3, -0.25) is 9.79 Å². The molecule has 0 heterocycles. The zero-order valence-electron chi connectivity index (χ0n) is 24.0. The number of esters is 1. The first kappa shape index (κ1) is 30.1. The number of ether oxygens (including phenoxy) is 1. The smallest absolute Gasteiger partial charge is 0.338 e. The van der Waals surface area contributed by atoms with E-state index in [0.29, 0.717) is 11.0 Å². The molecule has 0 spiro atoms. The lowest BCUT2D eigenvalue weighted by molar-refractivity contribution is -0.115. The standard InChI is InChI=1S/C31H50N2O3/c1-9-19-31(7,8)20-18-27(23-10-12-24(13-11-23)29(35)36-22(2)3)33-28(34)21-32-26-16-14-25(15-17-26)30(4,5)6/h10-13,21-22,25-27H,9,14-20H2,1-8H3,(H,33,34). The van der Waals surface area contributed by atoms with Crippen molar-refractivity contribution in [1.29, 1.82) is 0 Å². The third-order valence-electron chi connectivity index (χ3n) is 7.57. The van der Waals surface area contributed by atoms with E-state index < -0.39 is 0 Å². The van der Waals surface area contributed by atoms with Crippen molar-refractivity contribution < 1.29 is 14.3 Å². The Balaban J connectivity index is 2.06. The van der Waals surface area contributed by atoms with Crippen molar-refractivity contribution in [2.45, 2.75) is 125 Å². The summed E-state index contributed by atoms with van der Waals surface area (Å²) < 4.78 is 5.31. The molecule has 36 heavy (non-hydrogen) atoms. The van der Waals surface area contributed by atoms with Crippen molar-refractivity contribution >= 4 is 18.1 Å². The second kappa shape index (κ2) is 13.4. The molecule has 1 aromatic carbocycles. The molecule has 0 aromatic heterocycles. The number of nitrogens with one attached hydrogen (secondary N) is 1. The Bertz CT molecular complexity index is 857. The lowest BCUT2D eigenvalue weighted by atomic mass is 9.71. The minimum Gasteiger partial charge on any atom is -0.459 e. The summed E-state index contributed by atoms with van der Waals surface area (Å²) in [6.45, 7) is 17.4. The van der Waals surface area contributed by atoms with Gasteiger partial charge in [-0.1, -0.05) is 60.1 Å². The molecule has 0 saturated heterocycles. The fourth-order valence-corrected chi connectivity index (χ4v) is 5.27. The Kier molecular flexibility index (Phi) is 11.2. The van der Waals surface area contributed by atoms with Crippen LogP contribution in [0.1, 0.15) is 129 Å². The molecule has 5 nitrogen and oxygen atoms in total. The summed E-state index contributed by atoms with van der Waals surface area (Å²) >= 11 is 0. The van der Waals surface area contributed by atoms with Crippen molar-refractivity contribution in [3.8, 4) is 0 Å². The summed E-state index contributed by atoms with van der Waals surface area (Å²) in [5.41, 5.74) is 2.07. The summed E-state index contributed by atoms with van der Waals surface area (Å²) in [4.78, 5) is 29.8. The van der Waals surface area contributed by atoms with Gasteiger partial charge >= 0.3 is 5.97 Å². The Hall–Kier alpha value is -2.17. The third kappa shape index (κ3) is 10.1. The van der Waals surface area contributed by atoms with Crippen molar-refractivity contribution in [2.75, 3.05) is 0 Å². The van der Waals surface area contributed by atoms with Crippen LogP contribution in [0.3, 0.4) is 0 Å². The number of hydrogen-bond acceptors (Lipinski definition) is 4. The second-order valence-electron chi connectivity index (χ2n) is 12.7. The molecular weight excluding hydrogens is 448 g/mol. The monoisotopic (exact) mass is 498 g/mol. The second-order valence-corrected chi connectivity index (χ2v) is 12.7. The molecule has 202 valence electrons. The van der Waals surface area contributed by atoms with Crippen LogP contribution in [-0.4, -0.2) is 30.2 Å². The molecule has 0 radical (unpaired) electrons. The Morgan fingerprint density at radius 3 is 2.17 bits per heavy atom. The predicted octanol–water partition coefficient (Wildman–Crippen LogP) is 7.69. The Morgan fingerprint density at radius 1 is 1.03 bits per heavy atom. The van der Waals surface area contributed by atoms with E-state index in [1.165, 1.54) is 19.1 Å². The van der Waals surface area contributed by atoms with Crippen molar-refractivity contribution in [2.24, 2.45) is 21.7 Å². The van der Waals surface area contributed by atoms with Gasteiger partial charge in [0.05, 0.1) is 30.0 Å². The lowest BCUT2D eigenvalue weighted by Crippen LogP contribution is -2.31. The maximum atomic E-state index is 12.9. The SMILES string of the molecule is CCCC(C)(C)CCC(NC(=O)C=NC1CCC(C(C)(C)C)CC1)c1ccc(C(=O)OC(C)C)cc1. The van der Waals surface area contributed by atoms with E-state index in [1.807, 2.05) is 26.0 Å². The highest BCUT2D eigenvalue weighted by molar-refractivity contribution is 6.26. The summed E-state index contributed by atoms with van der Waals surface area (Å²) in [7, 11) is 0. The van der Waals surface area contributed by atoms with Gasteiger partial charge < -0.3 is 10.1 Å². The van der Waals surface area contributed by atoms with Crippen LogP contribution < -0.4 is 5.32 Å². The predicted molar refractivity (Wildman–Crippen MR) is 149 cm³/mol. The van der Waals surface area contributed by atoms with Gasteiger partial charge in [-0.15, -0.1) is 0 Å². The van der Waals surface area contributed by atoms with Gasteiger partial charge in [-0.2, -0.15) is 0 Å². The van der Waals surface area contributed by atoms with E-state index in [-0.39, 0.29) is 35.5 Å². The van der Waals surface area contributed by atoms with E-state index in [1.54, 1.807) is 12.1 Å². The molecular formula is C31H50N2O3. The first-order valence-corrected chi connectivity index (χ1v) is 14.0. The molecule has 1 N–H and O–H groups in total. The van der Waals surface area contributed by atoms with Crippen LogP contribution in [0.25, 0.3) is 0 Å².